The number of ether oxygens (including phenoxy) is 1. The van der Waals surface area contributed by atoms with Crippen LogP contribution in [0.1, 0.15) is 12.7 Å². The van der Waals surface area contributed by atoms with Crippen molar-refractivity contribution in [1.82, 2.24) is 19.7 Å². The molecule has 134 valence electrons. The number of rotatable bonds is 6. The van der Waals surface area contributed by atoms with E-state index in [1.54, 1.807) is 24.6 Å². The first kappa shape index (κ1) is 18.2. The Labute approximate surface area is 166 Å². The second-order valence-corrected chi connectivity index (χ2v) is 5.85. The summed E-state index contributed by atoms with van der Waals surface area (Å²) in [5.41, 5.74) is 1.60. The minimum absolute atomic E-state index is 0.576. The molecule has 0 aliphatic carbocycles. The molecule has 0 radical (unpaired) electrons. The molecule has 0 amide bonds. The summed E-state index contributed by atoms with van der Waals surface area (Å²) in [4.78, 5) is 5.86. The van der Waals surface area contributed by atoms with Gasteiger partial charge in [0.25, 0.3) is 0 Å². The van der Waals surface area contributed by atoms with E-state index in [0.717, 1.165) is 29.4 Å². The molecule has 1 aromatic carbocycles. The maximum absolute atomic E-state index is 6.07. The highest BCUT2D eigenvalue weighted by molar-refractivity contribution is 14.1. The van der Waals surface area contributed by atoms with Crippen LogP contribution in [-0.2, 0) is 6.54 Å². The fourth-order valence-corrected chi connectivity index (χ4v) is 2.77. The zero-order chi connectivity index (χ0) is 18.5. The van der Waals surface area contributed by atoms with Gasteiger partial charge in [0.1, 0.15) is 17.8 Å². The van der Waals surface area contributed by atoms with Crippen LogP contribution in [-0.4, -0.2) is 33.1 Å². The largest absolute Gasteiger partial charge is 0.440 e. The molecule has 1 aromatic heterocycles. The van der Waals surface area contributed by atoms with Crippen molar-refractivity contribution in [3.8, 4) is 11.5 Å². The molecule has 2 heterocycles. The smallest absolute Gasteiger partial charge is 0.206 e. The van der Waals surface area contributed by atoms with Crippen LogP contribution in [0.4, 0.5) is 0 Å². The molecule has 1 aliphatic heterocycles. The summed E-state index contributed by atoms with van der Waals surface area (Å²) in [6.07, 6.45) is 7.19. The van der Waals surface area contributed by atoms with Crippen LogP contribution in [0.5, 0.6) is 11.5 Å². The molecule has 0 unspecified atom stereocenters. The van der Waals surface area contributed by atoms with E-state index >= 15 is 0 Å². The topological polar surface area (TPSA) is 64.8 Å². The second-order valence-electron chi connectivity index (χ2n) is 5.41. The van der Waals surface area contributed by atoms with Crippen molar-refractivity contribution in [2.45, 2.75) is 13.5 Å². The molecule has 0 fully saturated rings. The normalized spacial score (nSPS) is 14.4. The first-order valence-corrected chi connectivity index (χ1v) is 8.82. The monoisotopic (exact) mass is 463 g/mol. The van der Waals surface area contributed by atoms with Gasteiger partial charge < -0.3 is 12.4 Å². The number of benzene rings is 1. The molecule has 0 saturated heterocycles. The Balaban J connectivity index is 1.96. The van der Waals surface area contributed by atoms with E-state index in [9.17, 15) is 0 Å². The molecule has 0 bridgehead atoms. The van der Waals surface area contributed by atoms with E-state index in [0.29, 0.717) is 11.6 Å². The molecular weight excluding hydrogens is 445 g/mol. The third kappa shape index (κ3) is 3.79. The third-order valence-corrected chi connectivity index (χ3v) is 4.24. The molecule has 0 spiro atoms. The highest BCUT2D eigenvalue weighted by Gasteiger charge is 2.21. The highest BCUT2D eigenvalue weighted by atomic mass is 127. The molecule has 0 atom stereocenters. The molecule has 26 heavy (non-hydrogen) atoms. The Bertz CT molecular complexity index is 883. The second kappa shape index (κ2) is 8.17. The van der Waals surface area contributed by atoms with Crippen LogP contribution in [0.15, 0.2) is 65.9 Å². The zero-order valence-corrected chi connectivity index (χ0v) is 16.6. The van der Waals surface area contributed by atoms with Crippen molar-refractivity contribution in [3.05, 3.63) is 66.7 Å². The van der Waals surface area contributed by atoms with Gasteiger partial charge in [-0.05, 0) is 37.3 Å². The van der Waals surface area contributed by atoms with Gasteiger partial charge in [0.15, 0.2) is 28.8 Å². The van der Waals surface area contributed by atoms with Crippen LogP contribution in [0, 0.1) is 0 Å². The lowest BCUT2D eigenvalue weighted by atomic mass is 10.1. The summed E-state index contributed by atoms with van der Waals surface area (Å²) >= 11 is 1.84. The predicted molar refractivity (Wildman–Crippen MR) is 109 cm³/mol. The lowest BCUT2D eigenvalue weighted by Crippen LogP contribution is -2.26. The average molecular weight is 463 g/mol. The molecule has 3 rings (SSSR count). The maximum atomic E-state index is 6.07. The number of hydrogen-bond acceptors (Lipinski definition) is 5. The summed E-state index contributed by atoms with van der Waals surface area (Å²) in [6, 6.07) is 7.35. The van der Waals surface area contributed by atoms with Crippen molar-refractivity contribution in [3.63, 3.8) is 0 Å². The SMILES string of the molecule is C=C1C=C(c2nncn2CC)C=C(Oc2ccc(OI)cc2)N1C=NC. The lowest BCUT2D eigenvalue weighted by Gasteiger charge is -2.27. The van der Waals surface area contributed by atoms with Crippen molar-refractivity contribution < 1.29 is 7.80 Å². The van der Waals surface area contributed by atoms with Crippen molar-refractivity contribution >= 4 is 34.9 Å². The standard InChI is InChI=1S/C18H18IN5O2/c1-4-23-12-21-22-18(23)14-9-13(2)24(11-20-3)17(10-14)25-15-5-7-16(26-19)8-6-15/h5-12H,2,4H2,1,3H3. The Morgan fingerprint density at radius 3 is 2.62 bits per heavy atom. The number of hydrogen-bond donors (Lipinski definition) is 0. The molecule has 7 nitrogen and oxygen atoms in total. The number of allylic oxidation sites excluding steroid dienone is 3. The Morgan fingerprint density at radius 2 is 1.96 bits per heavy atom. The summed E-state index contributed by atoms with van der Waals surface area (Å²) < 4.78 is 13.2. The van der Waals surface area contributed by atoms with E-state index in [1.807, 2.05) is 70.9 Å². The summed E-state index contributed by atoms with van der Waals surface area (Å²) in [7, 11) is 1.70. The van der Waals surface area contributed by atoms with Crippen LogP contribution in [0.3, 0.4) is 0 Å². The van der Waals surface area contributed by atoms with Gasteiger partial charge in [-0.1, -0.05) is 6.58 Å². The Morgan fingerprint density at radius 1 is 1.23 bits per heavy atom. The Hall–Kier alpha value is -2.62. The summed E-state index contributed by atoms with van der Waals surface area (Å²) in [6.45, 7) is 6.92. The quantitative estimate of drug-likeness (QED) is 0.371. The van der Waals surface area contributed by atoms with Crippen molar-refractivity contribution in [2.24, 2.45) is 4.99 Å². The van der Waals surface area contributed by atoms with Crippen molar-refractivity contribution in [1.29, 1.82) is 0 Å². The number of aryl methyl sites for hydroxylation is 1. The first-order chi connectivity index (χ1) is 12.7. The van der Waals surface area contributed by atoms with Gasteiger partial charge in [-0.25, -0.2) is 0 Å². The number of nitrogens with zero attached hydrogens (tertiary/aromatic N) is 5. The molecular formula is C18H18IN5O2. The molecule has 1 aliphatic rings. The minimum Gasteiger partial charge on any atom is -0.440 e. The lowest BCUT2D eigenvalue weighted by molar-refractivity contribution is 0.329. The molecule has 0 N–H and O–H groups in total. The van der Waals surface area contributed by atoms with Gasteiger partial charge in [0, 0.05) is 30.9 Å². The van der Waals surface area contributed by atoms with Gasteiger partial charge in [-0.15, -0.1) is 10.2 Å². The van der Waals surface area contributed by atoms with E-state index < -0.39 is 0 Å². The van der Waals surface area contributed by atoms with Gasteiger partial charge >= 0.3 is 0 Å². The maximum Gasteiger partial charge on any atom is 0.206 e. The highest BCUT2D eigenvalue weighted by Crippen LogP contribution is 2.29. The predicted octanol–water partition coefficient (Wildman–Crippen LogP) is 3.82. The third-order valence-electron chi connectivity index (χ3n) is 3.73. The van der Waals surface area contributed by atoms with E-state index in [4.69, 9.17) is 7.80 Å². The van der Waals surface area contributed by atoms with E-state index in [1.165, 1.54) is 0 Å². The van der Waals surface area contributed by atoms with Gasteiger partial charge in [-0.3, -0.25) is 9.89 Å². The summed E-state index contributed by atoms with van der Waals surface area (Å²) in [5, 5.41) is 8.21. The molecule has 8 heteroatoms. The van der Waals surface area contributed by atoms with E-state index in [2.05, 4.69) is 21.8 Å². The van der Waals surface area contributed by atoms with Gasteiger partial charge in [-0.2, -0.15) is 0 Å². The summed E-state index contributed by atoms with van der Waals surface area (Å²) in [5.74, 6) is 2.76. The van der Waals surface area contributed by atoms with Gasteiger partial charge in [0.2, 0.25) is 5.88 Å². The fourth-order valence-electron chi connectivity index (χ4n) is 2.48. The molecule has 2 aromatic rings. The number of halogens is 1. The minimum atomic E-state index is 0.576. The molecule has 0 saturated carbocycles. The number of aromatic nitrogens is 3. The first-order valence-electron chi connectivity index (χ1n) is 7.94. The average Bonchev–Trinajstić information content (AvgIpc) is 3.14. The zero-order valence-electron chi connectivity index (χ0n) is 14.5. The van der Waals surface area contributed by atoms with Gasteiger partial charge in [0.05, 0.1) is 6.34 Å². The van der Waals surface area contributed by atoms with E-state index in [-0.39, 0.29) is 0 Å². The van der Waals surface area contributed by atoms with Crippen LogP contribution in [0.2, 0.25) is 0 Å². The Kier molecular flexibility index (Phi) is 5.71. The fraction of sp³-hybridized carbons (Fsp3) is 0.167. The number of aliphatic imine (C=N–C) groups is 1. The van der Waals surface area contributed by atoms with Crippen LogP contribution >= 0.6 is 23.0 Å². The van der Waals surface area contributed by atoms with Crippen LogP contribution < -0.4 is 7.80 Å². The van der Waals surface area contributed by atoms with Crippen LogP contribution in [0.25, 0.3) is 5.57 Å². The van der Waals surface area contributed by atoms with Crippen molar-refractivity contribution in [2.75, 3.05) is 7.05 Å².